The first-order valence-corrected chi connectivity index (χ1v) is 7.59. The molecule has 1 amide bonds. The number of benzene rings is 1. The van der Waals surface area contributed by atoms with Crippen LogP contribution in [0.1, 0.15) is 12.5 Å². The number of nitrogens with one attached hydrogen (secondary N) is 2. The second-order valence-electron chi connectivity index (χ2n) is 5.80. The van der Waals surface area contributed by atoms with Crippen LogP contribution in [-0.2, 0) is 11.3 Å². The van der Waals surface area contributed by atoms with E-state index in [1.54, 1.807) is 0 Å². The monoisotopic (exact) mass is 281 g/mol. The molecule has 21 heavy (non-hydrogen) atoms. The molecule has 1 aromatic carbocycles. The van der Waals surface area contributed by atoms with Gasteiger partial charge in [-0.2, -0.15) is 0 Å². The molecule has 2 aliphatic rings. The maximum Gasteiger partial charge on any atom is 0.228 e. The van der Waals surface area contributed by atoms with E-state index in [1.165, 1.54) is 22.0 Å². The van der Waals surface area contributed by atoms with Gasteiger partial charge in [-0.15, -0.1) is 0 Å². The fourth-order valence-corrected chi connectivity index (χ4v) is 3.53. The topological polar surface area (TPSA) is 46.1 Å². The van der Waals surface area contributed by atoms with Crippen molar-refractivity contribution in [3.63, 3.8) is 0 Å². The van der Waals surface area contributed by atoms with Gasteiger partial charge >= 0.3 is 0 Å². The van der Waals surface area contributed by atoms with Gasteiger partial charge in [-0.05, 0) is 18.6 Å². The summed E-state index contributed by atoms with van der Waals surface area (Å²) >= 11 is 0. The van der Waals surface area contributed by atoms with E-state index in [2.05, 4.69) is 51.7 Å². The van der Waals surface area contributed by atoms with Crippen LogP contribution in [-0.4, -0.2) is 29.6 Å². The number of fused-ring (bicyclic) bond motifs is 2. The lowest BCUT2D eigenvalue weighted by Crippen LogP contribution is -2.46. The Morgan fingerprint density at radius 2 is 2.33 bits per heavy atom. The zero-order chi connectivity index (χ0) is 14.4. The van der Waals surface area contributed by atoms with E-state index in [0.29, 0.717) is 19.1 Å². The van der Waals surface area contributed by atoms with E-state index in [-0.39, 0.29) is 11.8 Å². The molecule has 0 bridgehead atoms. The van der Waals surface area contributed by atoms with Crippen LogP contribution in [0.5, 0.6) is 0 Å². The lowest BCUT2D eigenvalue weighted by Gasteiger charge is -2.34. The third-order valence-corrected chi connectivity index (χ3v) is 4.51. The summed E-state index contributed by atoms with van der Waals surface area (Å²) in [5.74, 6) is 0.0389. The van der Waals surface area contributed by atoms with Gasteiger partial charge in [0.15, 0.2) is 0 Å². The fraction of sp³-hybridized carbons (Fsp3) is 0.353. The Hall–Kier alpha value is -2.07. The van der Waals surface area contributed by atoms with Crippen LogP contribution in [0.2, 0.25) is 0 Å². The van der Waals surface area contributed by atoms with E-state index in [0.717, 1.165) is 6.54 Å². The van der Waals surface area contributed by atoms with Crippen LogP contribution >= 0.6 is 0 Å². The Morgan fingerprint density at radius 3 is 3.19 bits per heavy atom. The molecule has 3 heterocycles. The summed E-state index contributed by atoms with van der Waals surface area (Å²) in [6.07, 6.45) is 4.32. The number of carbonyl (C=O) groups excluding carboxylic acids is 1. The summed E-state index contributed by atoms with van der Waals surface area (Å²) in [6.45, 7) is 4.29. The fourth-order valence-electron chi connectivity index (χ4n) is 3.53. The van der Waals surface area contributed by atoms with Crippen LogP contribution in [0.4, 0.5) is 0 Å². The van der Waals surface area contributed by atoms with E-state index in [1.807, 2.05) is 6.92 Å². The number of hydrogen-bond donors (Lipinski definition) is 2. The van der Waals surface area contributed by atoms with Gasteiger partial charge < -0.3 is 15.2 Å². The average molecular weight is 281 g/mol. The Bertz CT molecular complexity index is 744. The van der Waals surface area contributed by atoms with Crippen LogP contribution in [0.15, 0.2) is 36.5 Å². The predicted molar refractivity (Wildman–Crippen MR) is 83.9 cm³/mol. The third kappa shape index (κ3) is 1.90. The standard InChI is InChI=1S/C17H19N3O/c1-2-18-17(21)12-8-14-13-5-3-4-11-6-7-20(16(11)13)10-15(14)19-9-12/h3-8,12,15,19H,2,9-10H2,1H3,(H,18,21). The van der Waals surface area contributed by atoms with Crippen LogP contribution in [0.25, 0.3) is 16.5 Å². The molecule has 0 aliphatic carbocycles. The zero-order valence-electron chi connectivity index (χ0n) is 12.1. The molecule has 1 aromatic heterocycles. The van der Waals surface area contributed by atoms with Gasteiger partial charge in [0, 0.05) is 36.8 Å². The van der Waals surface area contributed by atoms with Crippen LogP contribution in [0, 0.1) is 5.92 Å². The van der Waals surface area contributed by atoms with Gasteiger partial charge in [0.25, 0.3) is 0 Å². The largest absolute Gasteiger partial charge is 0.356 e. The van der Waals surface area contributed by atoms with Crippen molar-refractivity contribution in [1.82, 2.24) is 15.2 Å². The minimum Gasteiger partial charge on any atom is -0.356 e. The SMILES string of the molecule is CCNC(=O)C1C=C2c3cccc4ccn(c34)CC2NC1. The highest BCUT2D eigenvalue weighted by Gasteiger charge is 2.31. The Labute approximate surface area is 123 Å². The first-order chi connectivity index (χ1) is 10.3. The van der Waals surface area contributed by atoms with E-state index < -0.39 is 0 Å². The summed E-state index contributed by atoms with van der Waals surface area (Å²) < 4.78 is 2.31. The highest BCUT2D eigenvalue weighted by atomic mass is 16.1. The molecule has 0 spiro atoms. The van der Waals surface area contributed by atoms with Crippen molar-refractivity contribution in [2.75, 3.05) is 13.1 Å². The number of nitrogens with zero attached hydrogens (tertiary/aromatic N) is 1. The van der Waals surface area contributed by atoms with Crippen molar-refractivity contribution in [3.8, 4) is 0 Å². The van der Waals surface area contributed by atoms with Crippen molar-refractivity contribution < 1.29 is 4.79 Å². The summed E-state index contributed by atoms with van der Waals surface area (Å²) in [7, 11) is 0. The van der Waals surface area contributed by atoms with E-state index >= 15 is 0 Å². The molecule has 2 aromatic rings. The van der Waals surface area contributed by atoms with Crippen LogP contribution < -0.4 is 10.6 Å². The highest BCUT2D eigenvalue weighted by molar-refractivity contribution is 5.96. The smallest absolute Gasteiger partial charge is 0.228 e. The summed E-state index contributed by atoms with van der Waals surface area (Å²) in [5.41, 5.74) is 3.82. The lowest BCUT2D eigenvalue weighted by atomic mass is 9.87. The lowest BCUT2D eigenvalue weighted by molar-refractivity contribution is -0.123. The molecule has 4 nitrogen and oxygen atoms in total. The molecule has 0 fully saturated rings. The number of hydrogen-bond acceptors (Lipinski definition) is 2. The van der Waals surface area contributed by atoms with E-state index in [9.17, 15) is 4.79 Å². The molecule has 2 aliphatic heterocycles. The second kappa shape index (κ2) is 4.74. The number of para-hydroxylation sites is 1. The molecule has 2 atom stereocenters. The number of carbonyl (C=O) groups is 1. The number of aromatic nitrogens is 1. The molecular weight excluding hydrogens is 262 g/mol. The first kappa shape index (κ1) is 12.7. The molecule has 0 radical (unpaired) electrons. The van der Waals surface area contributed by atoms with Gasteiger partial charge in [-0.1, -0.05) is 24.3 Å². The maximum atomic E-state index is 12.1. The Kier molecular flexibility index (Phi) is 2.86. The summed E-state index contributed by atoms with van der Waals surface area (Å²) in [6, 6.07) is 8.88. The number of rotatable bonds is 2. The second-order valence-corrected chi connectivity index (χ2v) is 5.80. The average Bonchev–Trinajstić information content (AvgIpc) is 2.92. The number of amides is 1. The minimum atomic E-state index is -0.0760. The zero-order valence-corrected chi connectivity index (χ0v) is 12.1. The van der Waals surface area contributed by atoms with Gasteiger partial charge in [0.05, 0.1) is 17.5 Å². The van der Waals surface area contributed by atoms with Crippen molar-refractivity contribution in [3.05, 3.63) is 42.1 Å². The molecule has 4 heteroatoms. The molecule has 0 saturated heterocycles. The minimum absolute atomic E-state index is 0.0760. The van der Waals surface area contributed by atoms with Gasteiger partial charge in [-0.25, -0.2) is 0 Å². The molecule has 2 N–H and O–H groups in total. The van der Waals surface area contributed by atoms with Crippen molar-refractivity contribution in [1.29, 1.82) is 0 Å². The Morgan fingerprint density at radius 1 is 1.43 bits per heavy atom. The molecular formula is C17H19N3O. The molecule has 0 saturated carbocycles. The molecule has 2 unspecified atom stereocenters. The molecule has 108 valence electrons. The Balaban J connectivity index is 1.81. The van der Waals surface area contributed by atoms with Crippen molar-refractivity contribution in [2.45, 2.75) is 19.5 Å². The predicted octanol–water partition coefficient (Wildman–Crippen LogP) is 1.76. The van der Waals surface area contributed by atoms with E-state index in [4.69, 9.17) is 0 Å². The summed E-state index contributed by atoms with van der Waals surface area (Å²) in [5, 5.41) is 7.73. The van der Waals surface area contributed by atoms with Crippen molar-refractivity contribution in [2.24, 2.45) is 5.92 Å². The maximum absolute atomic E-state index is 12.1. The quantitative estimate of drug-likeness (QED) is 0.881. The van der Waals surface area contributed by atoms with Crippen LogP contribution in [0.3, 0.4) is 0 Å². The van der Waals surface area contributed by atoms with Gasteiger partial charge in [0.2, 0.25) is 5.91 Å². The summed E-state index contributed by atoms with van der Waals surface area (Å²) in [4.78, 5) is 12.1. The highest BCUT2D eigenvalue weighted by Crippen LogP contribution is 2.35. The van der Waals surface area contributed by atoms with Gasteiger partial charge in [0.1, 0.15) is 0 Å². The van der Waals surface area contributed by atoms with Crippen molar-refractivity contribution >= 4 is 22.4 Å². The van der Waals surface area contributed by atoms with Gasteiger partial charge in [-0.3, -0.25) is 4.79 Å². The first-order valence-electron chi connectivity index (χ1n) is 7.59. The molecule has 4 rings (SSSR count). The normalized spacial score (nSPS) is 23.6. The third-order valence-electron chi connectivity index (χ3n) is 4.51.